The van der Waals surface area contributed by atoms with Gasteiger partial charge in [0, 0.05) is 117 Å². The molecule has 2 aromatic heterocycles. The Labute approximate surface area is 370 Å². The van der Waals surface area contributed by atoms with E-state index in [-0.39, 0.29) is 42.3 Å². The Hall–Kier alpha value is -6.66. The molecule has 15 heteroatoms. The van der Waals surface area contributed by atoms with E-state index in [1.165, 1.54) is 5.56 Å². The van der Waals surface area contributed by atoms with Crippen molar-refractivity contribution >= 4 is 35.1 Å². The van der Waals surface area contributed by atoms with Gasteiger partial charge in [-0.2, -0.15) is 10.2 Å². The van der Waals surface area contributed by atoms with Gasteiger partial charge in [0.1, 0.15) is 6.04 Å². The number of hydrogen-bond acceptors (Lipinski definition) is 8. The van der Waals surface area contributed by atoms with Gasteiger partial charge in [0.05, 0.1) is 18.8 Å². The van der Waals surface area contributed by atoms with Crippen LogP contribution in [0.15, 0.2) is 67.0 Å². The van der Waals surface area contributed by atoms with Crippen molar-refractivity contribution in [2.75, 3.05) is 31.1 Å². The summed E-state index contributed by atoms with van der Waals surface area (Å²) in [5.74, 6) is 6.33. The first kappa shape index (κ1) is 41.4. The van der Waals surface area contributed by atoms with Gasteiger partial charge in [-0.15, -0.1) is 0 Å². The Morgan fingerprint density at radius 2 is 1.72 bits per heavy atom. The highest BCUT2D eigenvalue weighted by molar-refractivity contribution is 6.05. The van der Waals surface area contributed by atoms with Crippen LogP contribution >= 0.6 is 0 Å². The number of halogens is 2. The Balaban J connectivity index is 0.830. The molecule has 3 aromatic carbocycles. The highest BCUT2D eigenvalue weighted by Gasteiger charge is 2.40. The second kappa shape index (κ2) is 16.8. The molecule has 5 aromatic rings. The third-order valence-corrected chi connectivity index (χ3v) is 13.6. The molecule has 5 aliphatic heterocycles. The minimum absolute atomic E-state index is 0.00927. The molecule has 7 heterocycles. The van der Waals surface area contributed by atoms with Gasteiger partial charge in [0.15, 0.2) is 5.82 Å². The second-order valence-corrected chi connectivity index (χ2v) is 17.6. The summed E-state index contributed by atoms with van der Waals surface area (Å²) in [5.41, 5.74) is 9.15. The third kappa shape index (κ3) is 7.74. The molecule has 64 heavy (non-hydrogen) atoms. The molecule has 0 aliphatic carbocycles. The molecule has 2 saturated heterocycles. The van der Waals surface area contributed by atoms with E-state index in [1.54, 1.807) is 48.1 Å². The fourth-order valence-electron chi connectivity index (χ4n) is 10.2. The summed E-state index contributed by atoms with van der Waals surface area (Å²) in [6, 6.07) is 16.7. The maximum atomic E-state index is 14.7. The Kier molecular flexibility index (Phi) is 10.9. The van der Waals surface area contributed by atoms with Crippen LogP contribution in [0.3, 0.4) is 0 Å². The lowest BCUT2D eigenvalue weighted by molar-refractivity contribution is -0.137. The average molecular weight is 866 g/mol. The largest absolute Gasteiger partial charge is 0.338 e. The molecule has 0 saturated carbocycles. The van der Waals surface area contributed by atoms with Gasteiger partial charge in [-0.1, -0.05) is 30.0 Å². The van der Waals surface area contributed by atoms with Crippen molar-refractivity contribution in [2.45, 2.75) is 90.0 Å². The maximum Gasteiger partial charge on any atom is 0.264 e. The number of nitrogens with zero attached hydrogens (tertiary/aromatic N) is 8. The number of alkyl halides is 2. The SMILES string of the molecule is CC(=O)N1CCc2c(c(N3CCCc4cc(-c5cnn(C)c5)c(C(F)F)cc43)nn2C2CCN(Cc3ccc(C#Cc4cccc5c4CN(C4CCC(=O)NC4=O)C5=O)cc3)CC2)C1. The zero-order valence-electron chi connectivity index (χ0n) is 35.9. The lowest BCUT2D eigenvalue weighted by atomic mass is 9.92. The van der Waals surface area contributed by atoms with Crippen LogP contribution < -0.4 is 10.2 Å². The predicted octanol–water partition coefficient (Wildman–Crippen LogP) is 6.21. The fourth-order valence-corrected chi connectivity index (χ4v) is 10.2. The van der Waals surface area contributed by atoms with Crippen LogP contribution in [-0.2, 0) is 53.9 Å². The summed E-state index contributed by atoms with van der Waals surface area (Å²) < 4.78 is 33.3. The fraction of sp³-hybridized carbons (Fsp3) is 0.388. The standard InChI is InChI=1S/C49H49F2N9O4/c1-30(61)57-22-18-42-41(28-57)47(58-19-4-6-34-23-38(35-25-52-55(2)27-35)39(46(50)51)24-44(34)58)54-60(42)36-16-20-56(21-17-36)26-32-10-8-31(9-11-32)12-13-33-5-3-7-37-40(33)29-59(49(37)64)43-14-15-45(62)53-48(43)63/h3,5,7-11,23-25,27,36,43,46H,4,6,14-22,26,28-29H2,1-2H3,(H,53,62,63). The van der Waals surface area contributed by atoms with Gasteiger partial charge in [0.2, 0.25) is 17.7 Å². The summed E-state index contributed by atoms with van der Waals surface area (Å²) in [6.07, 6.45) is 5.36. The van der Waals surface area contributed by atoms with Crippen molar-refractivity contribution in [3.63, 3.8) is 0 Å². The number of amides is 4. The minimum atomic E-state index is -2.67. The van der Waals surface area contributed by atoms with Crippen LogP contribution in [0.2, 0.25) is 0 Å². The summed E-state index contributed by atoms with van der Waals surface area (Å²) in [7, 11) is 1.78. The first-order valence-corrected chi connectivity index (χ1v) is 22.2. The number of fused-ring (bicyclic) bond motifs is 3. The number of anilines is 2. The molecule has 2 fully saturated rings. The molecule has 0 bridgehead atoms. The van der Waals surface area contributed by atoms with Crippen molar-refractivity contribution in [2.24, 2.45) is 7.05 Å². The smallest absolute Gasteiger partial charge is 0.264 e. The number of benzene rings is 3. The van der Waals surface area contributed by atoms with E-state index >= 15 is 0 Å². The third-order valence-electron chi connectivity index (χ3n) is 13.6. The van der Waals surface area contributed by atoms with E-state index in [1.807, 2.05) is 35.2 Å². The van der Waals surface area contributed by atoms with E-state index in [0.29, 0.717) is 49.2 Å². The number of carbonyl (C=O) groups excluding carboxylic acids is 4. The minimum Gasteiger partial charge on any atom is -0.338 e. The average Bonchev–Trinajstić information content (AvgIpc) is 4.00. The Morgan fingerprint density at radius 1 is 0.906 bits per heavy atom. The van der Waals surface area contributed by atoms with Crippen LogP contribution in [0.25, 0.3) is 11.1 Å². The van der Waals surface area contributed by atoms with Gasteiger partial charge in [-0.3, -0.25) is 38.8 Å². The van der Waals surface area contributed by atoms with E-state index in [4.69, 9.17) is 5.10 Å². The first-order valence-electron chi connectivity index (χ1n) is 22.2. The number of likely N-dealkylation sites (tertiary alicyclic amines) is 1. The summed E-state index contributed by atoms with van der Waals surface area (Å²) in [6.45, 7) is 6.12. The van der Waals surface area contributed by atoms with Crippen LogP contribution in [0.4, 0.5) is 20.3 Å². The number of imide groups is 1. The number of piperidine rings is 2. The van der Waals surface area contributed by atoms with Gasteiger partial charge < -0.3 is 14.7 Å². The normalized spacial score (nSPS) is 19.0. The molecule has 13 nitrogen and oxygen atoms in total. The molecule has 1 N–H and O–H groups in total. The van der Waals surface area contributed by atoms with Gasteiger partial charge in [-0.05, 0) is 90.8 Å². The highest BCUT2D eigenvalue weighted by Crippen LogP contribution is 2.44. The van der Waals surface area contributed by atoms with Crippen molar-refractivity contribution in [1.29, 1.82) is 0 Å². The molecule has 1 unspecified atom stereocenters. The lowest BCUT2D eigenvalue weighted by Gasteiger charge is -2.34. The highest BCUT2D eigenvalue weighted by atomic mass is 19.3. The van der Waals surface area contributed by atoms with Crippen molar-refractivity contribution in [1.82, 2.24) is 39.6 Å². The van der Waals surface area contributed by atoms with E-state index < -0.39 is 18.4 Å². The van der Waals surface area contributed by atoms with Gasteiger partial charge in [-0.25, -0.2) is 8.78 Å². The molecule has 0 radical (unpaired) electrons. The van der Waals surface area contributed by atoms with Gasteiger partial charge >= 0.3 is 0 Å². The van der Waals surface area contributed by atoms with Crippen LogP contribution in [0.1, 0.15) is 106 Å². The number of carbonyl (C=O) groups is 4. The van der Waals surface area contributed by atoms with Crippen molar-refractivity contribution in [3.8, 4) is 23.0 Å². The molecular formula is C49H49F2N9O4. The molecule has 4 amide bonds. The quantitative estimate of drug-likeness (QED) is 0.151. The first-order chi connectivity index (χ1) is 31.0. The van der Waals surface area contributed by atoms with Crippen LogP contribution in [-0.4, -0.2) is 90.1 Å². The predicted molar refractivity (Wildman–Crippen MR) is 234 cm³/mol. The monoisotopic (exact) mass is 865 g/mol. The second-order valence-electron chi connectivity index (χ2n) is 17.6. The molecule has 1 atom stereocenters. The van der Waals surface area contributed by atoms with E-state index in [2.05, 4.69) is 48.9 Å². The number of rotatable bonds is 7. The Morgan fingerprint density at radius 3 is 2.45 bits per heavy atom. The summed E-state index contributed by atoms with van der Waals surface area (Å²) >= 11 is 0. The summed E-state index contributed by atoms with van der Waals surface area (Å²) in [5, 5.41) is 11.9. The number of aromatic nitrogens is 4. The molecule has 328 valence electrons. The maximum absolute atomic E-state index is 14.7. The van der Waals surface area contributed by atoms with Crippen molar-refractivity contribution in [3.05, 3.63) is 117 Å². The summed E-state index contributed by atoms with van der Waals surface area (Å²) in [4.78, 5) is 58.1. The van der Waals surface area contributed by atoms with Crippen molar-refractivity contribution < 1.29 is 28.0 Å². The van der Waals surface area contributed by atoms with E-state index in [9.17, 15) is 28.0 Å². The Bertz CT molecular complexity index is 2760. The molecular weight excluding hydrogens is 817 g/mol. The van der Waals surface area contributed by atoms with Crippen LogP contribution in [0, 0.1) is 11.8 Å². The molecule has 10 rings (SSSR count). The molecule has 5 aliphatic rings. The number of nitrogens with one attached hydrogen (secondary N) is 1. The number of aryl methyl sites for hydroxylation is 2. The zero-order valence-corrected chi connectivity index (χ0v) is 35.9. The molecule has 0 spiro atoms. The topological polar surface area (TPSA) is 129 Å². The number of hydrogen-bond donors (Lipinski definition) is 1. The van der Waals surface area contributed by atoms with Crippen LogP contribution in [0.5, 0.6) is 0 Å². The lowest BCUT2D eigenvalue weighted by Crippen LogP contribution is -2.52. The van der Waals surface area contributed by atoms with Gasteiger partial charge in [0.25, 0.3) is 12.3 Å². The van der Waals surface area contributed by atoms with E-state index in [0.717, 1.165) is 90.3 Å². The zero-order chi connectivity index (χ0) is 44.2.